The molecule has 3 heterocycles. The fourth-order valence-corrected chi connectivity index (χ4v) is 6.90. The highest BCUT2D eigenvalue weighted by Gasteiger charge is 2.56. The van der Waals surface area contributed by atoms with E-state index in [0.717, 1.165) is 28.0 Å². The average molecular weight is 526 g/mol. The molecule has 3 N–H and O–H groups in total. The zero-order chi connectivity index (χ0) is 25.4. The standard InChI is InChI=1S/C24H19N3O7S2/c28-15(25-13-4-2-1-3-5-13)11-34-14-8-6-12(7-9-14)17-18-20(35-21-19(17)36-24(33)26-21)23(32)27(22(18)31)10-16(29)30/h1-9,17-18,20H,10-11H2,(H,25,28)(H,26,33)(H,29,30)/t17-,18+,20-/m0/s1. The van der Waals surface area contributed by atoms with Crippen LogP contribution >= 0.6 is 23.1 Å². The van der Waals surface area contributed by atoms with Gasteiger partial charge < -0.3 is 20.1 Å². The van der Waals surface area contributed by atoms with Crippen LogP contribution in [0.5, 0.6) is 5.75 Å². The predicted molar refractivity (Wildman–Crippen MR) is 131 cm³/mol. The van der Waals surface area contributed by atoms with E-state index in [4.69, 9.17) is 9.84 Å². The molecule has 2 aliphatic rings. The van der Waals surface area contributed by atoms with Crippen LogP contribution in [0.4, 0.5) is 5.69 Å². The van der Waals surface area contributed by atoms with Crippen LogP contribution in [0.3, 0.4) is 0 Å². The molecule has 0 spiro atoms. The lowest BCUT2D eigenvalue weighted by Gasteiger charge is -2.29. The van der Waals surface area contributed by atoms with Crippen LogP contribution in [0, 0.1) is 5.92 Å². The monoisotopic (exact) mass is 525 g/mol. The molecule has 12 heteroatoms. The lowest BCUT2D eigenvalue weighted by molar-refractivity contribution is -0.149. The molecule has 3 atom stereocenters. The van der Waals surface area contributed by atoms with Crippen molar-refractivity contribution in [1.82, 2.24) is 9.88 Å². The quantitative estimate of drug-likeness (QED) is 0.398. The summed E-state index contributed by atoms with van der Waals surface area (Å²) in [4.78, 5) is 65.3. The number of likely N-dealkylation sites (tertiary alicyclic amines) is 1. The van der Waals surface area contributed by atoms with Crippen LogP contribution in [-0.2, 0) is 19.2 Å². The number of aliphatic carboxylic acids is 1. The number of imide groups is 1. The molecular formula is C24H19N3O7S2. The number of para-hydroxylation sites is 1. The van der Waals surface area contributed by atoms with Crippen molar-refractivity contribution in [2.45, 2.75) is 16.2 Å². The Morgan fingerprint density at radius 3 is 2.44 bits per heavy atom. The fraction of sp³-hybridized carbons (Fsp3) is 0.208. The van der Waals surface area contributed by atoms with E-state index in [-0.39, 0.29) is 17.4 Å². The Hall–Kier alpha value is -3.90. The van der Waals surface area contributed by atoms with Crippen LogP contribution < -0.4 is 14.9 Å². The molecule has 3 amide bonds. The van der Waals surface area contributed by atoms with Gasteiger partial charge in [-0.1, -0.05) is 53.4 Å². The second-order valence-corrected chi connectivity index (χ2v) is 10.3. The Labute approximate surface area is 212 Å². The van der Waals surface area contributed by atoms with Crippen molar-refractivity contribution in [3.8, 4) is 5.75 Å². The summed E-state index contributed by atoms with van der Waals surface area (Å²) in [5.41, 5.74) is 1.32. The number of thioether (sulfide) groups is 1. The molecule has 0 radical (unpaired) electrons. The number of hydrogen-bond donors (Lipinski definition) is 3. The number of aromatic amines is 1. The number of carboxylic acids is 1. The molecule has 2 aliphatic heterocycles. The van der Waals surface area contributed by atoms with Gasteiger partial charge in [0.15, 0.2) is 6.61 Å². The number of carboxylic acid groups (broad SMARTS) is 1. The van der Waals surface area contributed by atoms with Gasteiger partial charge in [0.25, 0.3) is 5.91 Å². The first-order chi connectivity index (χ1) is 17.3. The van der Waals surface area contributed by atoms with E-state index in [1.807, 2.05) is 6.07 Å². The lowest BCUT2D eigenvalue weighted by atomic mass is 9.83. The molecule has 10 nitrogen and oxygen atoms in total. The second kappa shape index (κ2) is 9.63. The summed E-state index contributed by atoms with van der Waals surface area (Å²) in [6.45, 7) is -0.917. The maximum Gasteiger partial charge on any atom is 0.323 e. The van der Waals surface area contributed by atoms with E-state index >= 15 is 0 Å². The van der Waals surface area contributed by atoms with Crippen molar-refractivity contribution < 1.29 is 29.0 Å². The second-order valence-electron chi connectivity index (χ2n) is 8.18. The molecule has 36 heavy (non-hydrogen) atoms. The van der Waals surface area contributed by atoms with Crippen LogP contribution in [0.25, 0.3) is 0 Å². The molecular weight excluding hydrogens is 506 g/mol. The Kier molecular flexibility index (Phi) is 6.37. The Morgan fingerprint density at radius 2 is 1.75 bits per heavy atom. The van der Waals surface area contributed by atoms with Crippen LogP contribution in [0.1, 0.15) is 16.4 Å². The summed E-state index contributed by atoms with van der Waals surface area (Å²) in [7, 11) is 0. The molecule has 1 fully saturated rings. The number of nitrogens with one attached hydrogen (secondary N) is 2. The van der Waals surface area contributed by atoms with Crippen molar-refractivity contribution in [2.75, 3.05) is 18.5 Å². The Morgan fingerprint density at radius 1 is 1.03 bits per heavy atom. The first-order valence-electron chi connectivity index (χ1n) is 10.9. The van der Waals surface area contributed by atoms with E-state index in [2.05, 4.69) is 10.3 Å². The van der Waals surface area contributed by atoms with Crippen molar-refractivity contribution in [3.63, 3.8) is 0 Å². The number of fused-ring (bicyclic) bond motifs is 2. The third kappa shape index (κ3) is 4.52. The number of thiazole rings is 1. The minimum Gasteiger partial charge on any atom is -0.484 e. The molecule has 1 aromatic heterocycles. The van der Waals surface area contributed by atoms with E-state index in [9.17, 15) is 24.0 Å². The number of ether oxygens (including phenoxy) is 1. The number of anilines is 1. The number of carbonyl (C=O) groups excluding carboxylic acids is 3. The fourth-order valence-electron chi connectivity index (χ4n) is 4.36. The van der Waals surface area contributed by atoms with Gasteiger partial charge in [0.2, 0.25) is 11.8 Å². The van der Waals surface area contributed by atoms with Gasteiger partial charge in [-0.3, -0.25) is 28.9 Å². The highest BCUT2D eigenvalue weighted by atomic mass is 32.2. The van der Waals surface area contributed by atoms with Crippen molar-refractivity contribution in [1.29, 1.82) is 0 Å². The maximum atomic E-state index is 13.2. The van der Waals surface area contributed by atoms with Crippen molar-refractivity contribution >= 4 is 52.5 Å². The van der Waals surface area contributed by atoms with Crippen LogP contribution in [-0.4, -0.2) is 57.1 Å². The highest BCUT2D eigenvalue weighted by molar-refractivity contribution is 8.00. The van der Waals surface area contributed by atoms with E-state index in [1.54, 1.807) is 48.5 Å². The van der Waals surface area contributed by atoms with Crippen LogP contribution in [0.2, 0.25) is 0 Å². The SMILES string of the molecule is O=C(O)CN1C(=O)[C@@H]2[C@H](c3ccc(OCC(=O)Nc4ccccc4)cc3)c3sc(=O)[nH]c3S[C@@H]2C1=O. The summed E-state index contributed by atoms with van der Waals surface area (Å²) in [6.07, 6.45) is 0. The topological polar surface area (TPSA) is 146 Å². The van der Waals surface area contributed by atoms with E-state index < -0.39 is 41.4 Å². The summed E-state index contributed by atoms with van der Waals surface area (Å²) in [5.74, 6) is -3.79. The van der Waals surface area contributed by atoms with Gasteiger partial charge >= 0.3 is 10.8 Å². The number of rotatable bonds is 7. The summed E-state index contributed by atoms with van der Waals surface area (Å²) < 4.78 is 5.58. The van der Waals surface area contributed by atoms with Gasteiger partial charge in [-0.2, -0.15) is 0 Å². The summed E-state index contributed by atoms with van der Waals surface area (Å²) >= 11 is 2.05. The number of nitrogens with zero attached hydrogens (tertiary/aromatic N) is 1. The number of carbonyl (C=O) groups is 4. The third-order valence-corrected chi connectivity index (χ3v) is 8.28. The van der Waals surface area contributed by atoms with Gasteiger partial charge in [0.1, 0.15) is 17.5 Å². The molecule has 3 aromatic rings. The number of hydrogen-bond acceptors (Lipinski definition) is 8. The lowest BCUT2D eigenvalue weighted by Crippen LogP contribution is -2.36. The Bertz CT molecular complexity index is 1400. The molecule has 2 aromatic carbocycles. The molecule has 5 rings (SSSR count). The van der Waals surface area contributed by atoms with Gasteiger partial charge in [-0.25, -0.2) is 0 Å². The smallest absolute Gasteiger partial charge is 0.323 e. The molecule has 0 bridgehead atoms. The number of aromatic nitrogens is 1. The maximum absolute atomic E-state index is 13.2. The van der Waals surface area contributed by atoms with E-state index in [1.165, 1.54) is 0 Å². The number of benzene rings is 2. The normalized spacial score (nSPS) is 20.6. The highest BCUT2D eigenvalue weighted by Crippen LogP contribution is 2.52. The number of H-pyrrole nitrogens is 1. The summed E-state index contributed by atoms with van der Waals surface area (Å²) in [6, 6.07) is 15.7. The minimum atomic E-state index is -1.28. The predicted octanol–water partition coefficient (Wildman–Crippen LogP) is 2.13. The Balaban J connectivity index is 1.37. The minimum absolute atomic E-state index is 0.209. The molecule has 0 saturated carbocycles. The summed E-state index contributed by atoms with van der Waals surface area (Å²) in [5, 5.41) is 11.6. The largest absolute Gasteiger partial charge is 0.484 e. The zero-order valence-corrected chi connectivity index (χ0v) is 20.1. The van der Waals surface area contributed by atoms with Crippen LogP contribution in [0.15, 0.2) is 64.4 Å². The van der Waals surface area contributed by atoms with Gasteiger partial charge in [0, 0.05) is 16.5 Å². The third-order valence-electron chi connectivity index (χ3n) is 5.88. The van der Waals surface area contributed by atoms with Gasteiger partial charge in [-0.05, 0) is 29.8 Å². The molecule has 184 valence electrons. The molecule has 1 saturated heterocycles. The first kappa shape index (κ1) is 23.8. The average Bonchev–Trinajstić information content (AvgIpc) is 3.34. The van der Waals surface area contributed by atoms with Gasteiger partial charge in [0.05, 0.1) is 10.9 Å². The number of amides is 3. The zero-order valence-electron chi connectivity index (χ0n) is 18.5. The first-order valence-corrected chi connectivity index (χ1v) is 12.6. The van der Waals surface area contributed by atoms with Gasteiger partial charge in [-0.15, -0.1) is 0 Å². The molecule has 0 aliphatic carbocycles. The van der Waals surface area contributed by atoms with E-state index in [0.29, 0.717) is 26.9 Å². The molecule has 0 unspecified atom stereocenters. The van der Waals surface area contributed by atoms with Crippen molar-refractivity contribution in [3.05, 3.63) is 74.7 Å². The van der Waals surface area contributed by atoms with Crippen molar-refractivity contribution in [2.24, 2.45) is 5.92 Å².